The van der Waals surface area contributed by atoms with E-state index in [1.807, 2.05) is 6.92 Å². The first-order valence-corrected chi connectivity index (χ1v) is 12.6. The molecule has 0 heterocycles. The number of ether oxygens (including phenoxy) is 1. The number of benzene rings is 1. The molecule has 2 aliphatic rings. The van der Waals surface area contributed by atoms with Crippen molar-refractivity contribution in [2.45, 2.75) is 64.0 Å². The van der Waals surface area contributed by atoms with Crippen molar-refractivity contribution in [2.24, 2.45) is 23.7 Å². The van der Waals surface area contributed by atoms with Crippen LogP contribution in [0.3, 0.4) is 0 Å². The molecule has 11 heteroatoms. The third-order valence-electron chi connectivity index (χ3n) is 7.28. The number of carboxylic acid groups (broad SMARTS) is 3. The van der Waals surface area contributed by atoms with Gasteiger partial charge in [-0.05, 0) is 55.2 Å². The lowest BCUT2D eigenvalue weighted by Gasteiger charge is -2.29. The van der Waals surface area contributed by atoms with E-state index in [0.29, 0.717) is 18.5 Å². The van der Waals surface area contributed by atoms with Gasteiger partial charge in [-0.15, -0.1) is 0 Å². The minimum absolute atomic E-state index is 0.00721. The van der Waals surface area contributed by atoms with E-state index < -0.39 is 47.8 Å². The number of fused-ring (bicyclic) bond motifs is 2. The van der Waals surface area contributed by atoms with Crippen LogP contribution in [0.15, 0.2) is 24.3 Å². The summed E-state index contributed by atoms with van der Waals surface area (Å²) in [6.07, 6.45) is 3.06. The van der Waals surface area contributed by atoms with Crippen molar-refractivity contribution in [1.82, 2.24) is 10.6 Å². The smallest absolute Gasteiger partial charge is 0.356 e. The van der Waals surface area contributed by atoms with Crippen molar-refractivity contribution >= 4 is 29.7 Å². The maximum absolute atomic E-state index is 13.2. The van der Waals surface area contributed by atoms with E-state index in [2.05, 4.69) is 10.6 Å². The largest absolute Gasteiger partial charge is 0.481 e. The Morgan fingerprint density at radius 2 is 1.57 bits per heavy atom. The van der Waals surface area contributed by atoms with Crippen LogP contribution in [-0.2, 0) is 30.4 Å². The quantitative estimate of drug-likeness (QED) is 0.181. The number of nitrogens with one attached hydrogen (secondary N) is 2. The van der Waals surface area contributed by atoms with Crippen LogP contribution in [0.1, 0.15) is 51.0 Å². The molecular weight excluding hydrogens is 484 g/mol. The Bertz CT molecular complexity index is 996. The average molecular weight is 519 g/mol. The van der Waals surface area contributed by atoms with Gasteiger partial charge < -0.3 is 30.7 Å². The number of hydrogen-bond donors (Lipinski definition) is 5. The van der Waals surface area contributed by atoms with Gasteiger partial charge in [-0.2, -0.15) is 0 Å². The Labute approximate surface area is 214 Å². The predicted octanol–water partition coefficient (Wildman–Crippen LogP) is 1.68. The minimum atomic E-state index is -2.06. The first-order valence-electron chi connectivity index (χ1n) is 12.6. The number of hydrogen-bond acceptors (Lipinski definition) is 6. The molecule has 0 aliphatic heterocycles. The van der Waals surface area contributed by atoms with Gasteiger partial charge in [0.05, 0.1) is 11.8 Å². The molecule has 2 amide bonds. The third-order valence-corrected chi connectivity index (χ3v) is 7.28. The van der Waals surface area contributed by atoms with Gasteiger partial charge >= 0.3 is 17.9 Å². The Hall–Kier alpha value is -3.63. The van der Waals surface area contributed by atoms with Crippen LogP contribution in [0, 0.1) is 23.7 Å². The Balaban J connectivity index is 1.72. The van der Waals surface area contributed by atoms with Crippen LogP contribution in [0.2, 0.25) is 0 Å². The summed E-state index contributed by atoms with van der Waals surface area (Å²) in [5.41, 5.74) is 0.617. The minimum Gasteiger partial charge on any atom is -0.481 e. The third kappa shape index (κ3) is 6.99. The number of aliphatic carboxylic acids is 3. The normalized spacial score (nSPS) is 22.9. The van der Waals surface area contributed by atoms with Crippen LogP contribution >= 0.6 is 0 Å². The van der Waals surface area contributed by atoms with Crippen molar-refractivity contribution in [3.63, 3.8) is 0 Å². The molecule has 1 aromatic carbocycles. The van der Waals surface area contributed by atoms with Crippen LogP contribution in [-0.4, -0.2) is 63.7 Å². The fourth-order valence-electron chi connectivity index (χ4n) is 5.49. The lowest BCUT2D eigenvalue weighted by molar-refractivity contribution is -0.159. The van der Waals surface area contributed by atoms with E-state index in [0.717, 1.165) is 32.1 Å². The van der Waals surface area contributed by atoms with Gasteiger partial charge in [-0.25, -0.2) is 9.59 Å². The lowest BCUT2D eigenvalue weighted by Crippen LogP contribution is -2.52. The first kappa shape index (κ1) is 27.9. The average Bonchev–Trinajstić information content (AvgIpc) is 3.47. The summed E-state index contributed by atoms with van der Waals surface area (Å²) in [4.78, 5) is 60.2. The molecule has 5 N–H and O–H groups in total. The maximum atomic E-state index is 13.2. The lowest BCUT2D eigenvalue weighted by atomic mass is 9.78. The molecule has 2 unspecified atom stereocenters. The molecular formula is C26H34N2O9. The highest BCUT2D eigenvalue weighted by atomic mass is 16.5. The predicted molar refractivity (Wildman–Crippen MR) is 130 cm³/mol. The molecule has 0 spiro atoms. The van der Waals surface area contributed by atoms with Gasteiger partial charge in [-0.3, -0.25) is 14.4 Å². The van der Waals surface area contributed by atoms with Crippen molar-refractivity contribution in [3.05, 3.63) is 29.8 Å². The summed E-state index contributed by atoms with van der Waals surface area (Å²) < 4.78 is 5.01. The number of unbranched alkanes of at least 4 members (excludes halogenated alkanes) is 2. The van der Waals surface area contributed by atoms with E-state index in [1.54, 1.807) is 12.1 Å². The molecule has 5 atom stereocenters. The second kappa shape index (κ2) is 12.6. The second-order valence-electron chi connectivity index (χ2n) is 9.80. The molecule has 11 nitrogen and oxygen atoms in total. The van der Waals surface area contributed by atoms with E-state index in [-0.39, 0.29) is 29.9 Å². The summed E-state index contributed by atoms with van der Waals surface area (Å²) in [7, 11) is 0. The molecule has 1 aromatic rings. The number of carbonyl (C=O) groups is 5. The van der Waals surface area contributed by atoms with Crippen LogP contribution < -0.4 is 15.4 Å². The van der Waals surface area contributed by atoms with Crippen molar-refractivity contribution < 1.29 is 44.0 Å². The molecule has 2 aliphatic carbocycles. The molecule has 3 rings (SSSR count). The number of carbonyl (C=O) groups excluding carboxylic acids is 2. The summed E-state index contributed by atoms with van der Waals surface area (Å²) in [6, 6.07) is 4.94. The molecule has 37 heavy (non-hydrogen) atoms. The van der Waals surface area contributed by atoms with Crippen molar-refractivity contribution in [2.75, 3.05) is 6.54 Å². The van der Waals surface area contributed by atoms with Gasteiger partial charge in [0.15, 0.2) is 0 Å². The van der Waals surface area contributed by atoms with Gasteiger partial charge in [0, 0.05) is 13.0 Å². The Morgan fingerprint density at radius 3 is 2.14 bits per heavy atom. The van der Waals surface area contributed by atoms with E-state index in [4.69, 9.17) is 14.9 Å². The zero-order valence-electron chi connectivity index (χ0n) is 20.7. The molecule has 2 saturated carbocycles. The molecule has 0 radical (unpaired) electrons. The number of amides is 2. The summed E-state index contributed by atoms with van der Waals surface area (Å²) in [6.45, 7) is 2.49. The topological polar surface area (TPSA) is 179 Å². The Morgan fingerprint density at radius 1 is 0.946 bits per heavy atom. The van der Waals surface area contributed by atoms with E-state index in [1.165, 1.54) is 12.1 Å². The Kier molecular flexibility index (Phi) is 9.48. The molecule has 202 valence electrons. The van der Waals surface area contributed by atoms with Crippen molar-refractivity contribution in [3.8, 4) is 5.75 Å². The van der Waals surface area contributed by atoms with E-state index >= 15 is 0 Å². The van der Waals surface area contributed by atoms with Gasteiger partial charge in [-0.1, -0.05) is 31.9 Å². The van der Waals surface area contributed by atoms with Gasteiger partial charge in [0.2, 0.25) is 11.8 Å². The second-order valence-corrected chi connectivity index (χ2v) is 9.80. The standard InChI is InChI=1S/C26H34N2O9/c1-2-3-4-11-27-22(29)18(28-23(30)19-15-7-8-16(13-15)20(19)24(31)32)12-14-5-9-17(10-6-14)37-21(25(33)34)26(35)36/h5-6,9-10,15-16,18-21H,2-4,7-8,11-13H2,1H3,(H,27,29)(H,28,30)(H,31,32)(H,33,34)(H,35,36)/t15-,16-,18+,19?,20?/m1/s1. The fraction of sp³-hybridized carbons (Fsp3) is 0.577. The summed E-state index contributed by atoms with van der Waals surface area (Å²) >= 11 is 0. The molecule has 0 saturated heterocycles. The zero-order chi connectivity index (χ0) is 27.1. The summed E-state index contributed by atoms with van der Waals surface area (Å²) in [5, 5.41) is 33.3. The highest BCUT2D eigenvalue weighted by Crippen LogP contribution is 2.52. The molecule has 0 aromatic heterocycles. The molecule has 2 bridgehead atoms. The van der Waals surface area contributed by atoms with Gasteiger partial charge in [0.1, 0.15) is 11.8 Å². The first-order chi connectivity index (χ1) is 17.6. The van der Waals surface area contributed by atoms with Crippen molar-refractivity contribution in [1.29, 1.82) is 0 Å². The molecule has 2 fully saturated rings. The van der Waals surface area contributed by atoms with Crippen LogP contribution in [0.4, 0.5) is 0 Å². The van der Waals surface area contributed by atoms with E-state index in [9.17, 15) is 29.1 Å². The highest BCUT2D eigenvalue weighted by Gasteiger charge is 2.54. The van der Waals surface area contributed by atoms with Crippen LogP contribution in [0.5, 0.6) is 5.75 Å². The monoisotopic (exact) mass is 518 g/mol. The highest BCUT2D eigenvalue weighted by molar-refractivity contribution is 5.96. The van der Waals surface area contributed by atoms with Gasteiger partial charge in [0.25, 0.3) is 6.10 Å². The summed E-state index contributed by atoms with van der Waals surface area (Å²) in [5.74, 6) is -6.50. The number of rotatable bonds is 14. The zero-order valence-corrected chi connectivity index (χ0v) is 20.7. The fourth-order valence-corrected chi connectivity index (χ4v) is 5.49. The maximum Gasteiger partial charge on any atom is 0.356 e. The number of carboxylic acids is 3. The SMILES string of the molecule is CCCCCNC(=O)[C@H](Cc1ccc(OC(C(=O)O)C(=O)O)cc1)NC(=O)C1C(C(=O)O)[C@@H]2CC[C@@H]1C2. The van der Waals surface area contributed by atoms with Crippen LogP contribution in [0.25, 0.3) is 0 Å².